The summed E-state index contributed by atoms with van der Waals surface area (Å²) in [6.07, 6.45) is 31.4. The lowest BCUT2D eigenvalue weighted by Crippen LogP contribution is -2.00. The third-order valence-corrected chi connectivity index (χ3v) is 9.91. The summed E-state index contributed by atoms with van der Waals surface area (Å²) in [5, 5.41) is 0. The lowest BCUT2D eigenvalue weighted by molar-refractivity contribution is 0.304. The molecule has 4 nitrogen and oxygen atoms in total. The van der Waals surface area contributed by atoms with Crippen LogP contribution in [0.4, 0.5) is 0 Å². The van der Waals surface area contributed by atoms with Gasteiger partial charge in [0.05, 0.1) is 29.4 Å². The van der Waals surface area contributed by atoms with Crippen LogP contribution in [0.15, 0.2) is 136 Å². The summed E-state index contributed by atoms with van der Waals surface area (Å²) in [4.78, 5) is 13.9. The van der Waals surface area contributed by atoms with Crippen LogP contribution >= 0.6 is 0 Å². The summed E-state index contributed by atoms with van der Waals surface area (Å²) in [5.41, 5.74) is 14.2. The number of nitrogens with one attached hydrogen (secondary N) is 1. The molecular formula is C46H49N3O. The Morgan fingerprint density at radius 1 is 0.640 bits per heavy atom. The first-order valence-corrected chi connectivity index (χ1v) is 18.7. The van der Waals surface area contributed by atoms with E-state index >= 15 is 0 Å². The molecule has 4 heteroatoms. The Labute approximate surface area is 298 Å². The molecule has 0 radical (unpaired) electrons. The van der Waals surface area contributed by atoms with Gasteiger partial charge in [0.1, 0.15) is 5.75 Å². The molecule has 0 amide bonds. The number of rotatable bonds is 14. The van der Waals surface area contributed by atoms with Crippen molar-refractivity contribution in [3.8, 4) is 5.75 Å². The molecule has 0 spiro atoms. The number of fused-ring (bicyclic) bond motifs is 6. The van der Waals surface area contributed by atoms with Gasteiger partial charge in [-0.2, -0.15) is 0 Å². The van der Waals surface area contributed by atoms with E-state index in [0.717, 1.165) is 70.5 Å². The summed E-state index contributed by atoms with van der Waals surface area (Å²) < 4.78 is 6.16. The maximum absolute atomic E-state index is 6.16. The second-order valence-electron chi connectivity index (χ2n) is 13.9. The number of hydrogen-bond acceptors (Lipinski definition) is 3. The predicted octanol–water partition coefficient (Wildman–Crippen LogP) is 12.1. The van der Waals surface area contributed by atoms with Crippen molar-refractivity contribution >= 4 is 28.6 Å². The molecule has 2 aromatic carbocycles. The van der Waals surface area contributed by atoms with Gasteiger partial charge in [0, 0.05) is 22.5 Å². The number of hydrogen-bond donors (Lipinski definition) is 1. The minimum Gasteiger partial charge on any atom is -0.494 e. The molecule has 0 saturated heterocycles. The standard InChI is InChI=1S/C46H49N3O/c1-3-4-5-6-7-8-9-10-11-12-29-50-41-24-19-36(20-25-41)46-43-27-21-38(47-43)31-34-15-18-37(30-34)45(35-16-13-33(2)14-17-35)42-26-22-39(48-42)32-40-23-28-44(46)49-40/h13-28,31-32,47H,3-12,29-30H2,1-2H3. The zero-order valence-electron chi connectivity index (χ0n) is 29.7. The summed E-state index contributed by atoms with van der Waals surface area (Å²) in [7, 11) is 0. The van der Waals surface area contributed by atoms with Crippen LogP contribution in [-0.2, 0) is 0 Å². The Morgan fingerprint density at radius 3 is 2.14 bits per heavy atom. The van der Waals surface area contributed by atoms with E-state index in [9.17, 15) is 0 Å². The molecule has 0 saturated carbocycles. The molecule has 1 N–H and O–H groups in total. The molecule has 4 heterocycles. The SMILES string of the molecule is CCCCCCCCCCCCOc1ccc(C2=C3C=CC(=N3)C=C3C=CC(=N3)C(c3ccc(C)cc3)=C3C=CC(=Cc4ccc2[nH]4)C3)cc1. The smallest absolute Gasteiger partial charge is 0.119 e. The van der Waals surface area contributed by atoms with Gasteiger partial charge in [-0.1, -0.05) is 119 Å². The number of nitrogens with zero attached hydrogens (tertiary/aromatic N) is 2. The molecule has 254 valence electrons. The van der Waals surface area contributed by atoms with Crippen molar-refractivity contribution in [3.05, 3.63) is 154 Å². The monoisotopic (exact) mass is 659 g/mol. The fourth-order valence-electron chi connectivity index (χ4n) is 7.16. The van der Waals surface area contributed by atoms with E-state index in [1.54, 1.807) is 0 Å². The lowest BCUT2D eigenvalue weighted by atomic mass is 9.94. The third-order valence-electron chi connectivity index (χ3n) is 9.91. The van der Waals surface area contributed by atoms with Crippen LogP contribution in [0.1, 0.15) is 106 Å². The van der Waals surface area contributed by atoms with Crippen LogP contribution in [0.25, 0.3) is 17.2 Å². The van der Waals surface area contributed by atoms with Crippen LogP contribution in [0.5, 0.6) is 5.75 Å². The van der Waals surface area contributed by atoms with E-state index in [1.807, 2.05) is 0 Å². The molecule has 3 aliphatic heterocycles. The molecule has 7 rings (SSSR count). The van der Waals surface area contributed by atoms with Crippen LogP contribution in [0.2, 0.25) is 0 Å². The molecule has 0 unspecified atom stereocenters. The second-order valence-corrected chi connectivity index (χ2v) is 13.9. The molecule has 3 aromatic rings. The van der Waals surface area contributed by atoms with E-state index in [-0.39, 0.29) is 0 Å². The normalized spacial score (nSPS) is 16.3. The molecule has 0 fully saturated rings. The van der Waals surface area contributed by atoms with Gasteiger partial charge in [-0.3, -0.25) is 0 Å². The fourth-order valence-corrected chi connectivity index (χ4v) is 7.16. The van der Waals surface area contributed by atoms with E-state index in [4.69, 9.17) is 14.7 Å². The van der Waals surface area contributed by atoms with Gasteiger partial charge < -0.3 is 9.72 Å². The Bertz CT molecular complexity index is 1970. The molecule has 1 aliphatic carbocycles. The van der Waals surface area contributed by atoms with Crippen molar-refractivity contribution < 1.29 is 4.74 Å². The van der Waals surface area contributed by atoms with Gasteiger partial charge in [-0.25, -0.2) is 9.98 Å². The summed E-state index contributed by atoms with van der Waals surface area (Å²) in [6.45, 7) is 5.17. The number of aromatic amines is 1. The predicted molar refractivity (Wildman–Crippen MR) is 212 cm³/mol. The molecule has 1 aromatic heterocycles. The topological polar surface area (TPSA) is 49.7 Å². The highest BCUT2D eigenvalue weighted by molar-refractivity contribution is 6.32. The molecule has 4 aliphatic rings. The van der Waals surface area contributed by atoms with Crippen LogP contribution in [0.3, 0.4) is 0 Å². The quantitative estimate of drug-likeness (QED) is 0.172. The maximum atomic E-state index is 6.16. The highest BCUT2D eigenvalue weighted by Gasteiger charge is 2.21. The fraction of sp³-hybridized carbons (Fsp3) is 0.304. The molecular weight excluding hydrogens is 611 g/mol. The van der Waals surface area contributed by atoms with Crippen molar-refractivity contribution in [1.29, 1.82) is 0 Å². The van der Waals surface area contributed by atoms with E-state index in [2.05, 4.69) is 128 Å². The summed E-state index contributed by atoms with van der Waals surface area (Å²) in [6, 6.07) is 21.6. The van der Waals surface area contributed by atoms with Crippen LogP contribution in [-0.4, -0.2) is 23.0 Å². The van der Waals surface area contributed by atoms with Gasteiger partial charge in [0.2, 0.25) is 0 Å². The van der Waals surface area contributed by atoms with Crippen molar-refractivity contribution in [2.75, 3.05) is 6.61 Å². The Morgan fingerprint density at radius 2 is 1.36 bits per heavy atom. The number of aromatic nitrogens is 1. The number of allylic oxidation sites excluding steroid dienone is 10. The molecule has 0 atom stereocenters. The summed E-state index contributed by atoms with van der Waals surface area (Å²) >= 11 is 0. The molecule has 50 heavy (non-hydrogen) atoms. The van der Waals surface area contributed by atoms with Crippen LogP contribution < -0.4 is 4.74 Å². The summed E-state index contributed by atoms with van der Waals surface area (Å²) in [5.74, 6) is 0.917. The van der Waals surface area contributed by atoms with Crippen molar-refractivity contribution in [3.63, 3.8) is 0 Å². The first-order valence-electron chi connectivity index (χ1n) is 18.7. The number of H-pyrrole nitrogens is 1. The zero-order chi connectivity index (χ0) is 34.1. The average molecular weight is 660 g/mol. The highest BCUT2D eigenvalue weighted by atomic mass is 16.5. The van der Waals surface area contributed by atoms with E-state index in [1.165, 1.54) is 85.6 Å². The minimum atomic E-state index is 0.764. The Kier molecular flexibility index (Phi) is 10.8. The van der Waals surface area contributed by atoms with E-state index in [0.29, 0.717) is 0 Å². The highest BCUT2D eigenvalue weighted by Crippen LogP contribution is 2.36. The first-order chi connectivity index (χ1) is 24.6. The van der Waals surface area contributed by atoms with Gasteiger partial charge in [-0.05, 0) is 103 Å². The van der Waals surface area contributed by atoms with Crippen molar-refractivity contribution in [1.82, 2.24) is 4.98 Å². The van der Waals surface area contributed by atoms with Crippen LogP contribution in [0, 0.1) is 6.92 Å². The largest absolute Gasteiger partial charge is 0.494 e. The minimum absolute atomic E-state index is 0.764. The average Bonchev–Trinajstić information content (AvgIpc) is 3.96. The number of benzene rings is 2. The Hall–Kier alpha value is -4.96. The van der Waals surface area contributed by atoms with Gasteiger partial charge in [0.25, 0.3) is 0 Å². The van der Waals surface area contributed by atoms with Gasteiger partial charge in [0.15, 0.2) is 0 Å². The number of aryl methyl sites for hydroxylation is 1. The zero-order valence-corrected chi connectivity index (χ0v) is 29.7. The van der Waals surface area contributed by atoms with Crippen molar-refractivity contribution in [2.45, 2.75) is 84.5 Å². The third kappa shape index (κ3) is 8.25. The maximum Gasteiger partial charge on any atom is 0.119 e. The van der Waals surface area contributed by atoms with E-state index < -0.39 is 0 Å². The number of unbranched alkanes of at least 4 members (excludes halogenated alkanes) is 9. The lowest BCUT2D eigenvalue weighted by Gasteiger charge is -2.11. The van der Waals surface area contributed by atoms with Gasteiger partial charge in [-0.15, -0.1) is 0 Å². The van der Waals surface area contributed by atoms with Crippen molar-refractivity contribution in [2.24, 2.45) is 9.98 Å². The number of ether oxygens (including phenoxy) is 1. The molecule has 8 bridgehead atoms. The number of aliphatic imine (C=N–C) groups is 2. The Balaban J connectivity index is 1.09. The second kappa shape index (κ2) is 16.2. The first kappa shape index (κ1) is 33.5. The van der Waals surface area contributed by atoms with Gasteiger partial charge >= 0.3 is 0 Å².